The van der Waals surface area contributed by atoms with Gasteiger partial charge in [-0.2, -0.15) is 5.10 Å². The molecule has 164 valence electrons. The molecule has 2 N–H and O–H groups in total. The van der Waals surface area contributed by atoms with E-state index in [1.165, 1.54) is 6.33 Å². The summed E-state index contributed by atoms with van der Waals surface area (Å²) in [5.74, 6) is 2.02. The smallest absolute Gasteiger partial charge is 0.164 e. The molecule has 2 aromatic heterocycles. The third kappa shape index (κ3) is 3.80. The monoisotopic (exact) mass is 428 g/mol. The quantitative estimate of drug-likeness (QED) is 0.497. The van der Waals surface area contributed by atoms with E-state index in [-0.39, 0.29) is 11.6 Å². The summed E-state index contributed by atoms with van der Waals surface area (Å²) in [6.45, 7) is 8.73. The minimum absolute atomic E-state index is 0.128. The lowest BCUT2D eigenvalue weighted by Gasteiger charge is -2.31. The van der Waals surface area contributed by atoms with Crippen LogP contribution in [-0.2, 0) is 0 Å². The Hall–Kier alpha value is -3.45. The number of nitrogen functional groups attached to an aromatic ring is 1. The molecule has 4 aromatic rings. The number of aromatic nitrogens is 4. The molecule has 0 aliphatic carbocycles. The van der Waals surface area contributed by atoms with Gasteiger partial charge in [0.2, 0.25) is 0 Å². The van der Waals surface area contributed by atoms with Crippen molar-refractivity contribution >= 4 is 16.9 Å². The highest BCUT2D eigenvalue weighted by atomic mass is 16.5. The summed E-state index contributed by atoms with van der Waals surface area (Å²) in [7, 11) is 0. The number of fused-ring (bicyclic) bond motifs is 1. The zero-order chi connectivity index (χ0) is 22.3. The zero-order valence-electron chi connectivity index (χ0n) is 18.7. The van der Waals surface area contributed by atoms with E-state index in [0.29, 0.717) is 5.82 Å². The minimum Gasteiger partial charge on any atom is -0.457 e. The number of benzene rings is 2. The maximum atomic E-state index is 6.30. The topological polar surface area (TPSA) is 82.1 Å². The van der Waals surface area contributed by atoms with Crippen LogP contribution >= 0.6 is 0 Å². The molecular formula is C25H28N6O. The van der Waals surface area contributed by atoms with Crippen LogP contribution in [0.15, 0.2) is 60.9 Å². The van der Waals surface area contributed by atoms with E-state index in [1.54, 1.807) is 0 Å². The summed E-state index contributed by atoms with van der Waals surface area (Å²) in [5.41, 5.74) is 8.98. The summed E-state index contributed by atoms with van der Waals surface area (Å²) in [6, 6.07) is 17.9. The Morgan fingerprint density at radius 1 is 0.969 bits per heavy atom. The molecule has 7 heteroatoms. The Kier molecular flexibility index (Phi) is 5.06. The maximum Gasteiger partial charge on any atom is 0.164 e. The number of hydrogen-bond donors (Lipinski definition) is 1. The SMILES string of the molecule is CC(C)(C)N1CCC(n2nc(-c3ccc(Oc4ccccc4)cc3)c3c(N)ncnc32)C1. The van der Waals surface area contributed by atoms with Crippen molar-refractivity contribution in [1.29, 1.82) is 0 Å². The largest absolute Gasteiger partial charge is 0.457 e. The Bertz CT molecular complexity index is 1230. The molecule has 1 atom stereocenters. The van der Waals surface area contributed by atoms with E-state index in [2.05, 4.69) is 35.6 Å². The first-order valence-corrected chi connectivity index (χ1v) is 11.0. The van der Waals surface area contributed by atoms with Crippen LogP contribution in [0.3, 0.4) is 0 Å². The highest BCUT2D eigenvalue weighted by Gasteiger charge is 2.33. The fourth-order valence-electron chi connectivity index (χ4n) is 4.31. The first-order chi connectivity index (χ1) is 15.4. The van der Waals surface area contributed by atoms with Crippen molar-refractivity contribution < 1.29 is 4.74 Å². The third-order valence-electron chi connectivity index (χ3n) is 6.08. The standard InChI is InChI=1S/C25H28N6O/c1-25(2,3)30-14-13-18(15-30)31-24-21(23(26)27-16-28-24)22(29-31)17-9-11-20(12-10-17)32-19-7-5-4-6-8-19/h4-12,16,18H,13-15H2,1-3H3,(H2,26,27,28). The number of rotatable bonds is 4. The van der Waals surface area contributed by atoms with Crippen LogP contribution < -0.4 is 10.5 Å². The Morgan fingerprint density at radius 2 is 1.69 bits per heavy atom. The van der Waals surface area contributed by atoms with E-state index < -0.39 is 0 Å². The van der Waals surface area contributed by atoms with E-state index in [0.717, 1.165) is 53.3 Å². The first kappa shape index (κ1) is 20.5. The molecule has 32 heavy (non-hydrogen) atoms. The van der Waals surface area contributed by atoms with Gasteiger partial charge in [-0.1, -0.05) is 18.2 Å². The van der Waals surface area contributed by atoms with E-state index in [9.17, 15) is 0 Å². The number of anilines is 1. The predicted molar refractivity (Wildman–Crippen MR) is 127 cm³/mol. The van der Waals surface area contributed by atoms with Gasteiger partial charge >= 0.3 is 0 Å². The molecule has 1 fully saturated rings. The summed E-state index contributed by atoms with van der Waals surface area (Å²) >= 11 is 0. The Labute approximate surface area is 187 Å². The van der Waals surface area contributed by atoms with Gasteiger partial charge in [-0.15, -0.1) is 0 Å². The van der Waals surface area contributed by atoms with Gasteiger partial charge in [0.25, 0.3) is 0 Å². The number of nitrogens with zero attached hydrogens (tertiary/aromatic N) is 5. The van der Waals surface area contributed by atoms with Gasteiger partial charge in [-0.25, -0.2) is 14.6 Å². The summed E-state index contributed by atoms with van der Waals surface area (Å²) in [4.78, 5) is 11.3. The average Bonchev–Trinajstić information content (AvgIpc) is 3.41. The maximum absolute atomic E-state index is 6.30. The van der Waals surface area contributed by atoms with Crippen LogP contribution in [0.2, 0.25) is 0 Å². The fraction of sp³-hybridized carbons (Fsp3) is 0.320. The molecule has 0 bridgehead atoms. The number of para-hydroxylation sites is 1. The molecule has 2 aromatic carbocycles. The molecule has 0 saturated carbocycles. The highest BCUT2D eigenvalue weighted by molar-refractivity contribution is 5.98. The first-order valence-electron chi connectivity index (χ1n) is 11.0. The van der Waals surface area contributed by atoms with Crippen LogP contribution in [0, 0.1) is 0 Å². The van der Waals surface area contributed by atoms with E-state index in [4.69, 9.17) is 15.6 Å². The van der Waals surface area contributed by atoms with Gasteiger partial charge in [-0.05, 0) is 63.6 Å². The van der Waals surface area contributed by atoms with Crippen LogP contribution in [0.1, 0.15) is 33.2 Å². The van der Waals surface area contributed by atoms with Gasteiger partial charge in [0.1, 0.15) is 29.3 Å². The number of hydrogen-bond acceptors (Lipinski definition) is 6. The molecule has 1 unspecified atom stereocenters. The van der Waals surface area contributed by atoms with Crippen molar-refractivity contribution in [3.05, 3.63) is 60.9 Å². The molecule has 0 spiro atoms. The number of likely N-dealkylation sites (tertiary alicyclic amines) is 1. The molecule has 0 amide bonds. The molecule has 3 heterocycles. The summed E-state index contributed by atoms with van der Waals surface area (Å²) < 4.78 is 7.97. The Balaban J connectivity index is 1.49. The lowest BCUT2D eigenvalue weighted by Crippen LogP contribution is -2.39. The van der Waals surface area contributed by atoms with Crippen molar-refractivity contribution in [2.24, 2.45) is 0 Å². The van der Waals surface area contributed by atoms with Crippen molar-refractivity contribution in [3.8, 4) is 22.8 Å². The van der Waals surface area contributed by atoms with E-state index >= 15 is 0 Å². The molecule has 7 nitrogen and oxygen atoms in total. The second-order valence-electron chi connectivity index (χ2n) is 9.25. The lowest BCUT2D eigenvalue weighted by atomic mass is 10.1. The van der Waals surface area contributed by atoms with Crippen molar-refractivity contribution in [3.63, 3.8) is 0 Å². The van der Waals surface area contributed by atoms with Gasteiger partial charge in [-0.3, -0.25) is 4.90 Å². The molecule has 5 rings (SSSR count). The molecule has 0 radical (unpaired) electrons. The fourth-order valence-corrected chi connectivity index (χ4v) is 4.31. The second-order valence-corrected chi connectivity index (χ2v) is 9.25. The number of nitrogens with two attached hydrogens (primary N) is 1. The van der Waals surface area contributed by atoms with E-state index in [1.807, 2.05) is 59.3 Å². The third-order valence-corrected chi connectivity index (χ3v) is 6.08. The molecule has 1 aliphatic heterocycles. The van der Waals surface area contributed by atoms with Crippen molar-refractivity contribution in [2.45, 2.75) is 38.8 Å². The molecule has 1 aliphatic rings. The zero-order valence-corrected chi connectivity index (χ0v) is 18.7. The number of ether oxygens (including phenoxy) is 1. The van der Waals surface area contributed by atoms with Gasteiger partial charge in [0.15, 0.2) is 5.65 Å². The Morgan fingerprint density at radius 3 is 2.38 bits per heavy atom. The average molecular weight is 429 g/mol. The molecular weight excluding hydrogens is 400 g/mol. The highest BCUT2D eigenvalue weighted by Crippen LogP contribution is 2.36. The summed E-state index contributed by atoms with van der Waals surface area (Å²) in [6.07, 6.45) is 2.55. The van der Waals surface area contributed by atoms with Crippen molar-refractivity contribution in [1.82, 2.24) is 24.6 Å². The minimum atomic E-state index is 0.128. The second kappa shape index (κ2) is 7.91. The van der Waals surface area contributed by atoms with Crippen LogP contribution in [0.5, 0.6) is 11.5 Å². The predicted octanol–water partition coefficient (Wildman–Crippen LogP) is 4.91. The van der Waals surface area contributed by atoms with Crippen LogP contribution in [0.4, 0.5) is 5.82 Å². The summed E-state index contributed by atoms with van der Waals surface area (Å²) in [5, 5.41) is 5.80. The van der Waals surface area contributed by atoms with Crippen molar-refractivity contribution in [2.75, 3.05) is 18.8 Å². The van der Waals surface area contributed by atoms with Crippen LogP contribution in [-0.4, -0.2) is 43.3 Å². The molecule has 1 saturated heterocycles. The lowest BCUT2D eigenvalue weighted by molar-refractivity contribution is 0.168. The van der Waals surface area contributed by atoms with Gasteiger partial charge in [0, 0.05) is 24.2 Å². The van der Waals surface area contributed by atoms with Gasteiger partial charge < -0.3 is 10.5 Å². The van der Waals surface area contributed by atoms with Crippen LogP contribution in [0.25, 0.3) is 22.3 Å². The normalized spacial score (nSPS) is 17.2. The van der Waals surface area contributed by atoms with Gasteiger partial charge in [0.05, 0.1) is 11.4 Å².